The highest BCUT2D eigenvalue weighted by molar-refractivity contribution is 5.72. The Morgan fingerprint density at radius 3 is 2.67 bits per heavy atom. The molecule has 0 fully saturated rings. The highest BCUT2D eigenvalue weighted by Gasteiger charge is 1.99. The molecule has 5 heteroatoms. The molecule has 0 saturated carbocycles. The molecular weight excluding hydrogens is 194 g/mol. The third-order valence-electron chi connectivity index (χ3n) is 1.64. The maximum absolute atomic E-state index is 9.57. The van der Waals surface area contributed by atoms with E-state index in [1.54, 1.807) is 6.20 Å². The van der Waals surface area contributed by atoms with E-state index < -0.39 is 12.0 Å². The fourth-order valence-electron chi connectivity index (χ4n) is 0.722. The second-order valence-corrected chi connectivity index (χ2v) is 3.07. The standard InChI is InChI=1S/C7H10N2.C3H7NO2/c1-3-4-7-8-5-6-9(7)2;1-2(4)3(5)6/h3,5-6H,1,4H2,2H3;2H,4H2,1H3,(H,5,6). The summed E-state index contributed by atoms with van der Waals surface area (Å²) in [5.41, 5.74) is 4.84. The first kappa shape index (κ1) is 13.4. The quantitative estimate of drug-likeness (QED) is 0.716. The van der Waals surface area contributed by atoms with E-state index in [1.165, 1.54) is 6.92 Å². The van der Waals surface area contributed by atoms with Crippen molar-refractivity contribution in [3.63, 3.8) is 0 Å². The van der Waals surface area contributed by atoms with Crippen molar-refractivity contribution in [3.8, 4) is 0 Å². The number of hydrogen-bond acceptors (Lipinski definition) is 3. The largest absolute Gasteiger partial charge is 0.480 e. The molecule has 84 valence electrons. The number of allylic oxidation sites excluding steroid dienone is 1. The van der Waals surface area contributed by atoms with Crippen LogP contribution in [0.2, 0.25) is 0 Å². The van der Waals surface area contributed by atoms with E-state index in [-0.39, 0.29) is 0 Å². The number of rotatable bonds is 3. The molecule has 0 amide bonds. The van der Waals surface area contributed by atoms with Gasteiger partial charge >= 0.3 is 5.97 Å². The van der Waals surface area contributed by atoms with E-state index in [9.17, 15) is 4.79 Å². The molecular formula is C10H17N3O2. The van der Waals surface area contributed by atoms with Crippen LogP contribution in [0.25, 0.3) is 0 Å². The predicted octanol–water partition coefficient (Wildman–Crippen LogP) is 0.567. The second-order valence-electron chi connectivity index (χ2n) is 3.07. The zero-order chi connectivity index (χ0) is 11.8. The van der Waals surface area contributed by atoms with Crippen LogP contribution in [0.15, 0.2) is 25.0 Å². The molecule has 3 N–H and O–H groups in total. The third kappa shape index (κ3) is 5.64. The highest BCUT2D eigenvalue weighted by Crippen LogP contribution is 1.94. The van der Waals surface area contributed by atoms with Gasteiger partial charge in [-0.3, -0.25) is 4.79 Å². The normalized spacial score (nSPS) is 11.1. The maximum atomic E-state index is 9.57. The molecule has 0 radical (unpaired) electrons. The molecule has 0 spiro atoms. The van der Waals surface area contributed by atoms with Gasteiger partial charge in [0.05, 0.1) is 0 Å². The van der Waals surface area contributed by atoms with Crippen LogP contribution in [0.3, 0.4) is 0 Å². The van der Waals surface area contributed by atoms with Gasteiger partial charge in [-0.05, 0) is 6.92 Å². The average molecular weight is 211 g/mol. The number of hydrogen-bond donors (Lipinski definition) is 2. The summed E-state index contributed by atoms with van der Waals surface area (Å²) in [6.45, 7) is 5.04. The summed E-state index contributed by atoms with van der Waals surface area (Å²) in [4.78, 5) is 13.7. The van der Waals surface area contributed by atoms with Crippen LogP contribution >= 0.6 is 0 Å². The van der Waals surface area contributed by atoms with Crippen LogP contribution in [0, 0.1) is 0 Å². The molecule has 0 bridgehead atoms. The Labute approximate surface area is 89.2 Å². The summed E-state index contributed by atoms with van der Waals surface area (Å²) < 4.78 is 1.99. The molecule has 0 aliphatic carbocycles. The van der Waals surface area contributed by atoms with Crippen molar-refractivity contribution in [2.75, 3.05) is 0 Å². The minimum Gasteiger partial charge on any atom is -0.480 e. The third-order valence-corrected chi connectivity index (χ3v) is 1.64. The van der Waals surface area contributed by atoms with Gasteiger partial charge in [0.25, 0.3) is 0 Å². The summed E-state index contributed by atoms with van der Waals surface area (Å²) >= 11 is 0. The molecule has 1 aromatic rings. The molecule has 0 aliphatic heterocycles. The van der Waals surface area contributed by atoms with Gasteiger partial charge in [0, 0.05) is 25.9 Å². The van der Waals surface area contributed by atoms with E-state index in [4.69, 9.17) is 10.8 Å². The van der Waals surface area contributed by atoms with Crippen molar-refractivity contribution in [2.45, 2.75) is 19.4 Å². The monoisotopic (exact) mass is 211 g/mol. The zero-order valence-corrected chi connectivity index (χ0v) is 9.05. The lowest BCUT2D eigenvalue weighted by molar-refractivity contribution is -0.138. The van der Waals surface area contributed by atoms with Gasteiger partial charge in [0.15, 0.2) is 0 Å². The number of nitrogens with zero attached hydrogens (tertiary/aromatic N) is 2. The molecule has 1 rings (SSSR count). The van der Waals surface area contributed by atoms with E-state index in [0.29, 0.717) is 0 Å². The molecule has 5 nitrogen and oxygen atoms in total. The fraction of sp³-hybridized carbons (Fsp3) is 0.400. The van der Waals surface area contributed by atoms with Crippen LogP contribution in [-0.2, 0) is 18.3 Å². The Hall–Kier alpha value is -1.62. The Morgan fingerprint density at radius 1 is 1.87 bits per heavy atom. The number of carbonyl (C=O) groups is 1. The molecule has 0 saturated heterocycles. The Bertz CT molecular complexity index is 318. The lowest BCUT2D eigenvalue weighted by Crippen LogP contribution is -2.25. The molecule has 1 heterocycles. The van der Waals surface area contributed by atoms with Gasteiger partial charge < -0.3 is 15.4 Å². The Balaban J connectivity index is 0.000000288. The van der Waals surface area contributed by atoms with Crippen molar-refractivity contribution < 1.29 is 9.90 Å². The summed E-state index contributed by atoms with van der Waals surface area (Å²) in [5.74, 6) is 0.0972. The van der Waals surface area contributed by atoms with E-state index in [0.717, 1.165) is 12.2 Å². The van der Waals surface area contributed by atoms with Gasteiger partial charge in [-0.25, -0.2) is 4.98 Å². The van der Waals surface area contributed by atoms with Gasteiger partial charge in [-0.2, -0.15) is 0 Å². The van der Waals surface area contributed by atoms with E-state index >= 15 is 0 Å². The first-order valence-electron chi connectivity index (χ1n) is 4.54. The number of aryl methyl sites for hydroxylation is 1. The average Bonchev–Trinajstić information content (AvgIpc) is 2.53. The first-order valence-corrected chi connectivity index (χ1v) is 4.54. The van der Waals surface area contributed by atoms with E-state index in [2.05, 4.69) is 11.6 Å². The van der Waals surface area contributed by atoms with Crippen LogP contribution < -0.4 is 5.73 Å². The summed E-state index contributed by atoms with van der Waals surface area (Å²) in [7, 11) is 1.98. The number of nitrogens with two attached hydrogens (primary N) is 1. The van der Waals surface area contributed by atoms with Gasteiger partial charge in [0.2, 0.25) is 0 Å². The Kier molecular flexibility index (Phi) is 6.05. The van der Waals surface area contributed by atoms with Crippen LogP contribution in [0.4, 0.5) is 0 Å². The highest BCUT2D eigenvalue weighted by atomic mass is 16.4. The minimum atomic E-state index is -0.963. The lowest BCUT2D eigenvalue weighted by atomic mass is 10.4. The molecule has 1 aromatic heterocycles. The maximum Gasteiger partial charge on any atom is 0.320 e. The van der Waals surface area contributed by atoms with Crippen molar-refractivity contribution in [2.24, 2.45) is 12.8 Å². The van der Waals surface area contributed by atoms with Crippen LogP contribution in [0.5, 0.6) is 0 Å². The van der Waals surface area contributed by atoms with Crippen molar-refractivity contribution >= 4 is 5.97 Å². The summed E-state index contributed by atoms with van der Waals surface area (Å²) in [5, 5.41) is 7.87. The number of aliphatic carboxylic acids is 1. The summed E-state index contributed by atoms with van der Waals surface area (Å²) in [6.07, 6.45) is 6.42. The lowest BCUT2D eigenvalue weighted by Gasteiger charge is -1.93. The Morgan fingerprint density at radius 2 is 2.40 bits per heavy atom. The number of carboxylic acids is 1. The summed E-state index contributed by atoms with van der Waals surface area (Å²) in [6, 6.07) is -0.731. The molecule has 15 heavy (non-hydrogen) atoms. The van der Waals surface area contributed by atoms with Crippen molar-refractivity contribution in [1.82, 2.24) is 9.55 Å². The van der Waals surface area contributed by atoms with Crippen molar-refractivity contribution in [1.29, 1.82) is 0 Å². The topological polar surface area (TPSA) is 81.1 Å². The minimum absolute atomic E-state index is 0.731. The van der Waals surface area contributed by atoms with Gasteiger partial charge in [-0.15, -0.1) is 6.58 Å². The fourth-order valence-corrected chi connectivity index (χ4v) is 0.722. The number of carboxylic acid groups (broad SMARTS) is 1. The first-order chi connectivity index (χ1) is 6.99. The van der Waals surface area contributed by atoms with Gasteiger partial charge in [0.1, 0.15) is 11.9 Å². The molecule has 0 aliphatic rings. The smallest absolute Gasteiger partial charge is 0.320 e. The molecule has 1 unspecified atom stereocenters. The zero-order valence-electron chi connectivity index (χ0n) is 9.05. The van der Waals surface area contributed by atoms with Crippen LogP contribution in [-0.4, -0.2) is 26.7 Å². The SMILES string of the molecule is C=CCc1nccn1C.CC(N)C(=O)O. The van der Waals surface area contributed by atoms with Gasteiger partial charge in [-0.1, -0.05) is 6.08 Å². The van der Waals surface area contributed by atoms with E-state index in [1.807, 2.05) is 23.9 Å². The molecule has 1 atom stereocenters. The number of imidazole rings is 1. The second kappa shape index (κ2) is 6.78. The number of aromatic nitrogens is 2. The molecule has 0 aromatic carbocycles. The predicted molar refractivity (Wildman–Crippen MR) is 58.4 cm³/mol. The van der Waals surface area contributed by atoms with Crippen LogP contribution in [0.1, 0.15) is 12.7 Å². The van der Waals surface area contributed by atoms with Crippen molar-refractivity contribution in [3.05, 3.63) is 30.9 Å².